The summed E-state index contributed by atoms with van der Waals surface area (Å²) >= 11 is 5.82. The van der Waals surface area contributed by atoms with Gasteiger partial charge in [0, 0.05) is 23.0 Å². The monoisotopic (exact) mass is 262 g/mol. The van der Waals surface area contributed by atoms with E-state index in [0.29, 0.717) is 16.4 Å². The number of halogens is 1. The zero-order valence-corrected chi connectivity index (χ0v) is 10.4. The van der Waals surface area contributed by atoms with Crippen molar-refractivity contribution in [2.75, 3.05) is 0 Å². The van der Waals surface area contributed by atoms with Crippen molar-refractivity contribution in [3.8, 4) is 11.3 Å². The van der Waals surface area contributed by atoms with Gasteiger partial charge in [-0.1, -0.05) is 23.7 Å². The van der Waals surface area contributed by atoms with E-state index in [1.165, 1.54) is 6.20 Å². The van der Waals surface area contributed by atoms with Crippen LogP contribution in [0.1, 0.15) is 18.5 Å². The molecule has 2 rings (SSSR count). The molecule has 92 valence electrons. The summed E-state index contributed by atoms with van der Waals surface area (Å²) in [5.74, 6) is -1.63. The van der Waals surface area contributed by atoms with Crippen molar-refractivity contribution in [3.05, 3.63) is 47.4 Å². The third-order valence-electron chi connectivity index (χ3n) is 2.62. The molecule has 0 aliphatic carbocycles. The largest absolute Gasteiger partial charge is 0.481 e. The van der Waals surface area contributed by atoms with Gasteiger partial charge in [-0.3, -0.25) is 14.8 Å². The van der Waals surface area contributed by atoms with Gasteiger partial charge in [-0.25, -0.2) is 0 Å². The normalized spacial score (nSPS) is 12.1. The van der Waals surface area contributed by atoms with Gasteiger partial charge in [0.2, 0.25) is 0 Å². The Hall–Kier alpha value is -1.94. The number of aromatic nitrogens is 2. The highest BCUT2D eigenvalue weighted by Gasteiger charge is 2.20. The van der Waals surface area contributed by atoms with Crippen LogP contribution in [0.5, 0.6) is 0 Å². The minimum absolute atomic E-state index is 0.451. The van der Waals surface area contributed by atoms with Gasteiger partial charge in [-0.15, -0.1) is 0 Å². The van der Waals surface area contributed by atoms with Gasteiger partial charge in [-0.2, -0.15) is 0 Å². The maximum Gasteiger partial charge on any atom is 0.312 e. The van der Waals surface area contributed by atoms with E-state index in [9.17, 15) is 4.79 Å². The molecule has 0 bridgehead atoms. The van der Waals surface area contributed by atoms with E-state index in [1.807, 2.05) is 0 Å². The minimum atomic E-state index is -0.925. The Morgan fingerprint density at radius 1 is 1.22 bits per heavy atom. The van der Waals surface area contributed by atoms with Crippen LogP contribution in [-0.4, -0.2) is 21.0 Å². The number of carbonyl (C=O) groups is 1. The predicted octanol–water partition coefficient (Wildman–Crippen LogP) is 2.99. The number of carboxylic acids is 1. The van der Waals surface area contributed by atoms with Crippen LogP contribution in [0.3, 0.4) is 0 Å². The SMILES string of the molecule is CC(C(=O)O)c1nccnc1-c1ccc(Cl)cc1. The van der Waals surface area contributed by atoms with Crippen molar-refractivity contribution >= 4 is 17.6 Å². The zero-order valence-electron chi connectivity index (χ0n) is 9.67. The zero-order chi connectivity index (χ0) is 13.1. The van der Waals surface area contributed by atoms with Gasteiger partial charge >= 0.3 is 5.97 Å². The summed E-state index contributed by atoms with van der Waals surface area (Å²) < 4.78 is 0. The maximum atomic E-state index is 11.0. The topological polar surface area (TPSA) is 63.1 Å². The maximum absolute atomic E-state index is 11.0. The lowest BCUT2D eigenvalue weighted by Crippen LogP contribution is -2.11. The van der Waals surface area contributed by atoms with Crippen molar-refractivity contribution in [2.45, 2.75) is 12.8 Å². The standard InChI is InChI=1S/C13H11ClN2O2/c1-8(13(17)18)11-12(16-7-6-15-11)9-2-4-10(14)5-3-9/h2-8H,1H3,(H,17,18). The van der Waals surface area contributed by atoms with Crippen LogP contribution in [0.15, 0.2) is 36.7 Å². The van der Waals surface area contributed by atoms with Gasteiger partial charge in [0.05, 0.1) is 17.3 Å². The van der Waals surface area contributed by atoms with Crippen molar-refractivity contribution in [2.24, 2.45) is 0 Å². The molecule has 1 heterocycles. The second kappa shape index (κ2) is 5.14. The number of aliphatic carboxylic acids is 1. The number of hydrogen-bond acceptors (Lipinski definition) is 3. The molecule has 0 spiro atoms. The second-order valence-corrected chi connectivity index (χ2v) is 4.29. The lowest BCUT2D eigenvalue weighted by molar-refractivity contribution is -0.138. The summed E-state index contributed by atoms with van der Waals surface area (Å²) in [6.07, 6.45) is 3.04. The molecule has 18 heavy (non-hydrogen) atoms. The Kier molecular flexibility index (Phi) is 3.58. The first-order valence-corrected chi connectivity index (χ1v) is 5.77. The van der Waals surface area contributed by atoms with Gasteiger partial charge < -0.3 is 5.11 Å². The molecule has 0 saturated carbocycles. The van der Waals surface area contributed by atoms with Crippen LogP contribution >= 0.6 is 11.6 Å². The van der Waals surface area contributed by atoms with Gasteiger partial charge in [0.25, 0.3) is 0 Å². The molecule has 1 N–H and O–H groups in total. The van der Waals surface area contributed by atoms with Crippen LogP contribution in [0.25, 0.3) is 11.3 Å². The molecule has 1 aromatic carbocycles. The molecular formula is C13H11ClN2O2. The number of nitrogens with zero attached hydrogens (tertiary/aromatic N) is 2. The number of hydrogen-bond donors (Lipinski definition) is 1. The molecule has 0 fully saturated rings. The Morgan fingerprint density at radius 2 is 1.83 bits per heavy atom. The Labute approximate surface area is 109 Å². The van der Waals surface area contributed by atoms with Gasteiger partial charge in [-0.05, 0) is 19.1 Å². The molecule has 0 aliphatic rings. The van der Waals surface area contributed by atoms with Crippen LogP contribution < -0.4 is 0 Å². The summed E-state index contributed by atoms with van der Waals surface area (Å²) in [5.41, 5.74) is 1.83. The summed E-state index contributed by atoms with van der Waals surface area (Å²) in [4.78, 5) is 19.4. The summed E-state index contributed by atoms with van der Waals surface area (Å²) in [6.45, 7) is 1.59. The quantitative estimate of drug-likeness (QED) is 0.924. The van der Waals surface area contributed by atoms with Crippen molar-refractivity contribution in [3.63, 3.8) is 0 Å². The number of rotatable bonds is 3. The first-order chi connectivity index (χ1) is 8.59. The van der Waals surface area contributed by atoms with Crippen molar-refractivity contribution in [1.82, 2.24) is 9.97 Å². The van der Waals surface area contributed by atoms with E-state index in [2.05, 4.69) is 9.97 Å². The van der Waals surface area contributed by atoms with Crippen LogP contribution in [0.4, 0.5) is 0 Å². The summed E-state index contributed by atoms with van der Waals surface area (Å²) in [7, 11) is 0. The third kappa shape index (κ3) is 2.49. The van der Waals surface area contributed by atoms with Crippen LogP contribution in [-0.2, 0) is 4.79 Å². The molecule has 0 amide bonds. The fraction of sp³-hybridized carbons (Fsp3) is 0.154. The molecule has 5 heteroatoms. The molecule has 0 radical (unpaired) electrons. The van der Waals surface area contributed by atoms with Crippen LogP contribution in [0, 0.1) is 0 Å². The van der Waals surface area contributed by atoms with E-state index in [0.717, 1.165) is 5.56 Å². The average molecular weight is 263 g/mol. The Balaban J connectivity index is 2.51. The predicted molar refractivity (Wildman–Crippen MR) is 68.5 cm³/mol. The summed E-state index contributed by atoms with van der Waals surface area (Å²) in [6, 6.07) is 7.07. The molecule has 0 aliphatic heterocycles. The molecular weight excluding hydrogens is 252 g/mol. The van der Waals surface area contributed by atoms with Crippen molar-refractivity contribution < 1.29 is 9.90 Å². The van der Waals surface area contributed by atoms with Crippen molar-refractivity contribution in [1.29, 1.82) is 0 Å². The molecule has 1 atom stereocenters. The summed E-state index contributed by atoms with van der Waals surface area (Å²) in [5, 5.41) is 9.68. The molecule has 1 unspecified atom stereocenters. The molecule has 4 nitrogen and oxygen atoms in total. The fourth-order valence-corrected chi connectivity index (χ4v) is 1.74. The fourth-order valence-electron chi connectivity index (χ4n) is 1.61. The first-order valence-electron chi connectivity index (χ1n) is 5.39. The van der Waals surface area contributed by atoms with E-state index < -0.39 is 11.9 Å². The lowest BCUT2D eigenvalue weighted by Gasteiger charge is -2.10. The smallest absolute Gasteiger partial charge is 0.312 e. The van der Waals surface area contributed by atoms with Gasteiger partial charge in [0.15, 0.2) is 0 Å². The minimum Gasteiger partial charge on any atom is -0.481 e. The highest BCUT2D eigenvalue weighted by Crippen LogP contribution is 2.26. The van der Waals surface area contributed by atoms with Gasteiger partial charge in [0.1, 0.15) is 0 Å². The lowest BCUT2D eigenvalue weighted by atomic mass is 10.0. The highest BCUT2D eigenvalue weighted by atomic mass is 35.5. The molecule has 0 saturated heterocycles. The van der Waals surface area contributed by atoms with E-state index in [1.54, 1.807) is 37.4 Å². The first kappa shape index (κ1) is 12.5. The molecule has 2 aromatic rings. The number of benzene rings is 1. The molecule has 1 aromatic heterocycles. The Bertz CT molecular complexity index is 569. The average Bonchev–Trinajstić information content (AvgIpc) is 2.39. The van der Waals surface area contributed by atoms with E-state index in [-0.39, 0.29) is 0 Å². The second-order valence-electron chi connectivity index (χ2n) is 3.86. The van der Waals surface area contributed by atoms with E-state index >= 15 is 0 Å². The van der Waals surface area contributed by atoms with Crippen LogP contribution in [0.2, 0.25) is 5.02 Å². The number of carboxylic acid groups (broad SMARTS) is 1. The highest BCUT2D eigenvalue weighted by molar-refractivity contribution is 6.30. The Morgan fingerprint density at radius 3 is 2.44 bits per heavy atom. The van der Waals surface area contributed by atoms with E-state index in [4.69, 9.17) is 16.7 Å². The third-order valence-corrected chi connectivity index (χ3v) is 2.88.